The van der Waals surface area contributed by atoms with Crippen LogP contribution in [0.25, 0.3) is 0 Å². The van der Waals surface area contributed by atoms with Gasteiger partial charge in [0.1, 0.15) is 0 Å². The molecule has 3 rings (SSSR count). The van der Waals surface area contributed by atoms with E-state index in [0.29, 0.717) is 6.04 Å². The van der Waals surface area contributed by atoms with E-state index in [2.05, 4.69) is 53.2 Å². The molecule has 0 spiro atoms. The summed E-state index contributed by atoms with van der Waals surface area (Å²) in [4.78, 5) is 16.1. The SMILES string of the molecule is Cc1ccccc1CCCN1CCCC1c1ccccn1.O=C(O)C(F)(F)F. The number of nitrogens with zero attached hydrogens (tertiary/aromatic N) is 2. The number of benzene rings is 1. The Labute approximate surface area is 163 Å². The van der Waals surface area contributed by atoms with E-state index < -0.39 is 12.1 Å². The highest BCUT2D eigenvalue weighted by atomic mass is 19.4. The molecule has 1 aromatic heterocycles. The molecule has 1 aromatic carbocycles. The first-order valence-corrected chi connectivity index (χ1v) is 9.28. The third-order valence-corrected chi connectivity index (χ3v) is 4.79. The van der Waals surface area contributed by atoms with Gasteiger partial charge in [-0.1, -0.05) is 30.3 Å². The summed E-state index contributed by atoms with van der Waals surface area (Å²) >= 11 is 0. The van der Waals surface area contributed by atoms with E-state index in [1.54, 1.807) is 0 Å². The van der Waals surface area contributed by atoms with Crippen molar-refractivity contribution in [3.05, 3.63) is 65.5 Å². The summed E-state index contributed by atoms with van der Waals surface area (Å²) in [5.74, 6) is -2.76. The van der Waals surface area contributed by atoms with E-state index >= 15 is 0 Å². The van der Waals surface area contributed by atoms with Crippen LogP contribution in [0, 0.1) is 6.92 Å². The Morgan fingerprint density at radius 1 is 1.21 bits per heavy atom. The van der Waals surface area contributed by atoms with Crippen molar-refractivity contribution >= 4 is 5.97 Å². The van der Waals surface area contributed by atoms with Gasteiger partial charge >= 0.3 is 12.1 Å². The quantitative estimate of drug-likeness (QED) is 0.792. The van der Waals surface area contributed by atoms with Gasteiger partial charge in [-0.05, 0) is 69.0 Å². The Morgan fingerprint density at radius 2 is 1.89 bits per heavy atom. The number of likely N-dealkylation sites (tertiary alicyclic amines) is 1. The molecule has 1 atom stereocenters. The number of aryl methyl sites for hydroxylation is 2. The van der Waals surface area contributed by atoms with Crippen molar-refractivity contribution in [2.45, 2.75) is 44.8 Å². The second kappa shape index (κ2) is 10.2. The number of pyridine rings is 1. The molecule has 28 heavy (non-hydrogen) atoms. The Kier molecular flexibility index (Phi) is 7.99. The molecule has 152 valence electrons. The van der Waals surface area contributed by atoms with Crippen LogP contribution >= 0.6 is 0 Å². The summed E-state index contributed by atoms with van der Waals surface area (Å²) in [5.41, 5.74) is 4.15. The van der Waals surface area contributed by atoms with Crippen LogP contribution in [0.5, 0.6) is 0 Å². The first-order valence-electron chi connectivity index (χ1n) is 9.28. The average Bonchev–Trinajstić information content (AvgIpc) is 3.12. The largest absolute Gasteiger partial charge is 0.490 e. The lowest BCUT2D eigenvalue weighted by Crippen LogP contribution is -2.25. The molecule has 2 aromatic rings. The molecule has 0 aliphatic carbocycles. The van der Waals surface area contributed by atoms with E-state index in [1.165, 1.54) is 55.6 Å². The van der Waals surface area contributed by atoms with Gasteiger partial charge < -0.3 is 5.11 Å². The number of halogens is 3. The third-order valence-electron chi connectivity index (χ3n) is 4.79. The van der Waals surface area contributed by atoms with Gasteiger partial charge in [0.15, 0.2) is 0 Å². The monoisotopic (exact) mass is 394 g/mol. The number of carboxylic acids is 1. The first kappa shape index (κ1) is 21.9. The average molecular weight is 394 g/mol. The van der Waals surface area contributed by atoms with Crippen LogP contribution in [0.1, 0.15) is 42.1 Å². The van der Waals surface area contributed by atoms with Gasteiger partial charge in [-0.15, -0.1) is 0 Å². The first-order chi connectivity index (χ1) is 13.3. The summed E-state index contributed by atoms with van der Waals surface area (Å²) < 4.78 is 31.7. The van der Waals surface area contributed by atoms with Gasteiger partial charge in [-0.3, -0.25) is 9.88 Å². The number of aromatic nitrogens is 1. The fraction of sp³-hybridized carbons (Fsp3) is 0.429. The summed E-state index contributed by atoms with van der Waals surface area (Å²) in [5, 5.41) is 7.12. The summed E-state index contributed by atoms with van der Waals surface area (Å²) in [6.45, 7) is 4.60. The maximum atomic E-state index is 10.6. The molecule has 1 saturated heterocycles. The van der Waals surface area contributed by atoms with Crippen LogP contribution in [0.4, 0.5) is 13.2 Å². The molecular weight excluding hydrogens is 369 g/mol. The highest BCUT2D eigenvalue weighted by Crippen LogP contribution is 2.30. The van der Waals surface area contributed by atoms with Gasteiger partial charge in [-0.2, -0.15) is 13.2 Å². The van der Waals surface area contributed by atoms with Crippen molar-refractivity contribution in [3.8, 4) is 0 Å². The molecule has 7 heteroatoms. The van der Waals surface area contributed by atoms with Crippen LogP contribution in [0.3, 0.4) is 0 Å². The van der Waals surface area contributed by atoms with Crippen molar-refractivity contribution in [1.29, 1.82) is 0 Å². The molecule has 1 N–H and O–H groups in total. The number of aliphatic carboxylic acids is 1. The Hall–Kier alpha value is -2.41. The van der Waals surface area contributed by atoms with Crippen molar-refractivity contribution < 1.29 is 23.1 Å². The van der Waals surface area contributed by atoms with Crippen LogP contribution in [0.2, 0.25) is 0 Å². The molecule has 1 aliphatic rings. The third kappa shape index (κ3) is 6.64. The molecule has 0 saturated carbocycles. The van der Waals surface area contributed by atoms with Gasteiger partial charge in [0.25, 0.3) is 0 Å². The maximum absolute atomic E-state index is 10.6. The number of carbonyl (C=O) groups is 1. The van der Waals surface area contributed by atoms with Gasteiger partial charge in [0, 0.05) is 6.20 Å². The van der Waals surface area contributed by atoms with E-state index in [9.17, 15) is 13.2 Å². The van der Waals surface area contributed by atoms with Crippen molar-refractivity contribution in [3.63, 3.8) is 0 Å². The zero-order valence-corrected chi connectivity index (χ0v) is 15.8. The lowest BCUT2D eigenvalue weighted by atomic mass is 10.0. The smallest absolute Gasteiger partial charge is 0.475 e. The minimum absolute atomic E-state index is 0.531. The summed E-state index contributed by atoms with van der Waals surface area (Å²) in [7, 11) is 0. The fourth-order valence-corrected chi connectivity index (χ4v) is 3.36. The molecule has 0 amide bonds. The number of rotatable bonds is 5. The van der Waals surface area contributed by atoms with Crippen LogP contribution in [-0.2, 0) is 11.2 Å². The molecule has 0 radical (unpaired) electrons. The van der Waals surface area contributed by atoms with Crippen LogP contribution in [-0.4, -0.2) is 40.2 Å². The van der Waals surface area contributed by atoms with Crippen LogP contribution in [0.15, 0.2) is 48.7 Å². The maximum Gasteiger partial charge on any atom is 0.490 e. The zero-order chi connectivity index (χ0) is 20.6. The molecule has 0 bridgehead atoms. The van der Waals surface area contributed by atoms with Crippen molar-refractivity contribution in [1.82, 2.24) is 9.88 Å². The standard InChI is InChI=1S/C19H24N2.C2HF3O2/c1-16-8-2-3-9-17(16)10-6-14-21-15-7-12-19(21)18-11-4-5-13-20-18;3-2(4,5)1(6)7/h2-5,8-9,11,13,19H,6-7,10,12,14-15H2,1H3;(H,6,7). The predicted molar refractivity (Wildman–Crippen MR) is 101 cm³/mol. The molecule has 1 aliphatic heterocycles. The Bertz CT molecular complexity index is 751. The number of hydrogen-bond acceptors (Lipinski definition) is 3. The van der Waals surface area contributed by atoms with E-state index in [-0.39, 0.29) is 0 Å². The number of hydrogen-bond donors (Lipinski definition) is 1. The van der Waals surface area contributed by atoms with Crippen LogP contribution < -0.4 is 0 Å². The number of alkyl halides is 3. The fourth-order valence-electron chi connectivity index (χ4n) is 3.36. The molecule has 2 heterocycles. The minimum atomic E-state index is -5.08. The lowest BCUT2D eigenvalue weighted by Gasteiger charge is -2.24. The van der Waals surface area contributed by atoms with E-state index in [4.69, 9.17) is 9.90 Å². The van der Waals surface area contributed by atoms with Gasteiger partial charge in [0.2, 0.25) is 0 Å². The second-order valence-electron chi connectivity index (χ2n) is 6.78. The predicted octanol–water partition coefficient (Wildman–Crippen LogP) is 4.79. The Morgan fingerprint density at radius 3 is 2.50 bits per heavy atom. The normalized spacial score (nSPS) is 17.1. The van der Waals surface area contributed by atoms with Gasteiger partial charge in [-0.25, -0.2) is 4.79 Å². The molecule has 4 nitrogen and oxygen atoms in total. The molecule has 1 fully saturated rings. The molecular formula is C21H25F3N2O2. The van der Waals surface area contributed by atoms with Crippen molar-refractivity contribution in [2.75, 3.05) is 13.1 Å². The second-order valence-corrected chi connectivity index (χ2v) is 6.78. The van der Waals surface area contributed by atoms with Crippen molar-refractivity contribution in [2.24, 2.45) is 0 Å². The summed E-state index contributed by atoms with van der Waals surface area (Å²) in [6.07, 6.45) is 1.79. The van der Waals surface area contributed by atoms with E-state index in [0.717, 1.165) is 0 Å². The highest BCUT2D eigenvalue weighted by molar-refractivity contribution is 5.73. The number of carboxylic acid groups (broad SMARTS) is 1. The minimum Gasteiger partial charge on any atom is -0.475 e. The topological polar surface area (TPSA) is 53.4 Å². The summed E-state index contributed by atoms with van der Waals surface area (Å²) in [6, 6.07) is 15.5. The highest BCUT2D eigenvalue weighted by Gasteiger charge is 2.38. The lowest BCUT2D eigenvalue weighted by molar-refractivity contribution is -0.192. The zero-order valence-electron chi connectivity index (χ0n) is 15.8. The Balaban J connectivity index is 0.000000345. The van der Waals surface area contributed by atoms with E-state index in [1.807, 2.05) is 12.3 Å². The van der Waals surface area contributed by atoms with Gasteiger partial charge in [0.05, 0.1) is 11.7 Å². The molecule has 1 unspecified atom stereocenters.